The standard InChI is InChI=1S/C18H21N3O2S/c1-20-15-4-2-13(10-14(15)3-5-17(20)22)11-21-7-8-23-16(12-21)18-19-6-9-24-18/h2,4,6,9-10,16H,3,5,7-8,11-12H2,1H3. The zero-order valence-corrected chi connectivity index (χ0v) is 14.6. The Morgan fingerprint density at radius 1 is 1.38 bits per heavy atom. The Bertz CT molecular complexity index is 732. The summed E-state index contributed by atoms with van der Waals surface area (Å²) in [4.78, 5) is 20.4. The van der Waals surface area contributed by atoms with Crippen molar-refractivity contribution in [3.8, 4) is 0 Å². The van der Waals surface area contributed by atoms with Crippen LogP contribution in [0, 0.1) is 0 Å². The zero-order valence-electron chi connectivity index (χ0n) is 13.8. The lowest BCUT2D eigenvalue weighted by Crippen LogP contribution is -2.38. The summed E-state index contributed by atoms with van der Waals surface area (Å²) in [6, 6.07) is 6.48. The number of nitrogens with zero attached hydrogens (tertiary/aromatic N) is 3. The van der Waals surface area contributed by atoms with Crippen molar-refractivity contribution in [3.05, 3.63) is 45.9 Å². The number of amides is 1. The van der Waals surface area contributed by atoms with Crippen LogP contribution in [0.5, 0.6) is 0 Å². The normalized spacial score (nSPS) is 21.8. The fourth-order valence-electron chi connectivity index (χ4n) is 3.46. The molecule has 1 unspecified atom stereocenters. The fourth-order valence-corrected chi connectivity index (χ4v) is 4.13. The summed E-state index contributed by atoms with van der Waals surface area (Å²) in [5.41, 5.74) is 3.63. The highest BCUT2D eigenvalue weighted by Gasteiger charge is 2.25. The molecule has 1 aromatic heterocycles. The fraction of sp³-hybridized carbons (Fsp3) is 0.444. The number of aromatic nitrogens is 1. The minimum atomic E-state index is 0.0835. The molecule has 0 spiro atoms. The second kappa shape index (κ2) is 6.63. The topological polar surface area (TPSA) is 45.7 Å². The number of fused-ring (bicyclic) bond motifs is 1. The first-order chi connectivity index (χ1) is 11.7. The molecule has 1 aromatic carbocycles. The molecule has 0 bridgehead atoms. The lowest BCUT2D eigenvalue weighted by molar-refractivity contribution is -0.118. The number of aryl methyl sites for hydroxylation is 1. The number of hydrogen-bond donors (Lipinski definition) is 0. The number of morpholine rings is 1. The van der Waals surface area contributed by atoms with Crippen molar-refractivity contribution >= 4 is 22.9 Å². The van der Waals surface area contributed by atoms with Gasteiger partial charge in [0.05, 0.1) is 6.61 Å². The van der Waals surface area contributed by atoms with E-state index in [4.69, 9.17) is 4.74 Å². The van der Waals surface area contributed by atoms with Crippen molar-refractivity contribution in [2.24, 2.45) is 0 Å². The van der Waals surface area contributed by atoms with Gasteiger partial charge in [-0.15, -0.1) is 11.3 Å². The summed E-state index contributed by atoms with van der Waals surface area (Å²) in [7, 11) is 1.86. The highest BCUT2D eigenvalue weighted by Crippen LogP contribution is 2.29. The SMILES string of the molecule is CN1C(=O)CCc2cc(CN3CCOC(c4nccs4)C3)ccc21. The summed E-state index contributed by atoms with van der Waals surface area (Å²) in [6.45, 7) is 3.48. The molecule has 0 saturated carbocycles. The van der Waals surface area contributed by atoms with E-state index in [9.17, 15) is 4.79 Å². The molecule has 0 N–H and O–H groups in total. The Labute approximate surface area is 145 Å². The molecular weight excluding hydrogens is 322 g/mol. The van der Waals surface area contributed by atoms with E-state index in [1.165, 1.54) is 11.1 Å². The van der Waals surface area contributed by atoms with E-state index in [0.717, 1.165) is 43.4 Å². The maximum absolute atomic E-state index is 11.8. The summed E-state index contributed by atoms with van der Waals surface area (Å²) in [5, 5.41) is 3.06. The number of carbonyl (C=O) groups is 1. The molecule has 3 heterocycles. The van der Waals surface area contributed by atoms with E-state index >= 15 is 0 Å². The second-order valence-corrected chi connectivity index (χ2v) is 7.31. The van der Waals surface area contributed by atoms with Crippen LogP contribution in [0.1, 0.15) is 28.7 Å². The molecule has 6 heteroatoms. The maximum atomic E-state index is 11.8. The minimum Gasteiger partial charge on any atom is -0.368 e. The number of benzene rings is 1. The third-order valence-electron chi connectivity index (χ3n) is 4.77. The monoisotopic (exact) mass is 343 g/mol. The predicted molar refractivity (Wildman–Crippen MR) is 94.3 cm³/mol. The average Bonchev–Trinajstić information content (AvgIpc) is 3.13. The summed E-state index contributed by atoms with van der Waals surface area (Å²) < 4.78 is 5.87. The van der Waals surface area contributed by atoms with E-state index < -0.39 is 0 Å². The first-order valence-corrected chi connectivity index (χ1v) is 9.20. The minimum absolute atomic E-state index is 0.0835. The summed E-state index contributed by atoms with van der Waals surface area (Å²) >= 11 is 1.66. The van der Waals surface area contributed by atoms with Crippen molar-refractivity contribution in [3.63, 3.8) is 0 Å². The van der Waals surface area contributed by atoms with Gasteiger partial charge in [0.1, 0.15) is 11.1 Å². The number of ether oxygens (including phenoxy) is 1. The molecule has 0 aliphatic carbocycles. The van der Waals surface area contributed by atoms with Gasteiger partial charge in [-0.05, 0) is 23.6 Å². The van der Waals surface area contributed by atoms with Gasteiger partial charge in [0.15, 0.2) is 0 Å². The lowest BCUT2D eigenvalue weighted by Gasteiger charge is -2.32. The Morgan fingerprint density at radius 3 is 3.12 bits per heavy atom. The number of rotatable bonds is 3. The van der Waals surface area contributed by atoms with Crippen LogP contribution >= 0.6 is 11.3 Å². The third-order valence-corrected chi connectivity index (χ3v) is 5.64. The van der Waals surface area contributed by atoms with Crippen molar-refractivity contribution in [2.75, 3.05) is 31.6 Å². The summed E-state index contributed by atoms with van der Waals surface area (Å²) in [6.07, 6.45) is 3.37. The van der Waals surface area contributed by atoms with E-state index in [1.54, 1.807) is 16.2 Å². The summed E-state index contributed by atoms with van der Waals surface area (Å²) in [5.74, 6) is 0.203. The second-order valence-electron chi connectivity index (χ2n) is 6.38. The van der Waals surface area contributed by atoms with Gasteiger partial charge in [0.2, 0.25) is 5.91 Å². The van der Waals surface area contributed by atoms with Crippen molar-refractivity contribution in [1.29, 1.82) is 0 Å². The molecule has 5 nitrogen and oxygen atoms in total. The average molecular weight is 343 g/mol. The third kappa shape index (κ3) is 3.09. The lowest BCUT2D eigenvalue weighted by atomic mass is 9.99. The number of thiazole rings is 1. The van der Waals surface area contributed by atoms with Crippen molar-refractivity contribution < 1.29 is 9.53 Å². The molecule has 1 amide bonds. The van der Waals surface area contributed by atoms with Gasteiger partial charge in [-0.1, -0.05) is 12.1 Å². The van der Waals surface area contributed by atoms with Gasteiger partial charge in [-0.3, -0.25) is 9.69 Å². The highest BCUT2D eigenvalue weighted by atomic mass is 32.1. The van der Waals surface area contributed by atoms with Crippen molar-refractivity contribution in [2.45, 2.75) is 25.5 Å². The predicted octanol–water partition coefficient (Wildman–Crippen LogP) is 2.63. The van der Waals surface area contributed by atoms with Gasteiger partial charge in [-0.2, -0.15) is 0 Å². The molecule has 2 aliphatic rings. The highest BCUT2D eigenvalue weighted by molar-refractivity contribution is 7.09. The molecule has 1 fully saturated rings. The number of hydrogen-bond acceptors (Lipinski definition) is 5. The number of anilines is 1. The molecule has 2 aliphatic heterocycles. The molecule has 24 heavy (non-hydrogen) atoms. The van der Waals surface area contributed by atoms with Crippen LogP contribution in [0.4, 0.5) is 5.69 Å². The van der Waals surface area contributed by atoms with E-state index in [-0.39, 0.29) is 12.0 Å². The molecule has 1 atom stereocenters. The molecule has 2 aromatic rings. The van der Waals surface area contributed by atoms with Crippen molar-refractivity contribution in [1.82, 2.24) is 9.88 Å². The van der Waals surface area contributed by atoms with Crippen LogP contribution in [-0.2, 0) is 22.5 Å². The van der Waals surface area contributed by atoms with Crippen LogP contribution in [0.3, 0.4) is 0 Å². The first-order valence-electron chi connectivity index (χ1n) is 8.32. The van der Waals surface area contributed by atoms with E-state index in [0.29, 0.717) is 6.42 Å². The quantitative estimate of drug-likeness (QED) is 0.859. The van der Waals surface area contributed by atoms with E-state index in [2.05, 4.69) is 28.1 Å². The molecule has 126 valence electrons. The molecule has 0 radical (unpaired) electrons. The van der Waals surface area contributed by atoms with Crippen LogP contribution in [-0.4, -0.2) is 42.5 Å². The Morgan fingerprint density at radius 2 is 2.29 bits per heavy atom. The molecular formula is C18H21N3O2S. The smallest absolute Gasteiger partial charge is 0.227 e. The van der Waals surface area contributed by atoms with Crippen LogP contribution in [0.2, 0.25) is 0 Å². The van der Waals surface area contributed by atoms with Gasteiger partial charge in [0.25, 0.3) is 0 Å². The van der Waals surface area contributed by atoms with Gasteiger partial charge in [-0.25, -0.2) is 4.98 Å². The maximum Gasteiger partial charge on any atom is 0.227 e. The van der Waals surface area contributed by atoms with Gasteiger partial charge in [0, 0.05) is 50.4 Å². The Kier molecular flexibility index (Phi) is 4.35. The Balaban J connectivity index is 1.46. The largest absolute Gasteiger partial charge is 0.368 e. The molecule has 1 saturated heterocycles. The van der Waals surface area contributed by atoms with Crippen LogP contribution in [0.15, 0.2) is 29.8 Å². The van der Waals surface area contributed by atoms with Gasteiger partial charge >= 0.3 is 0 Å². The van der Waals surface area contributed by atoms with Gasteiger partial charge < -0.3 is 9.64 Å². The van der Waals surface area contributed by atoms with Crippen LogP contribution in [0.25, 0.3) is 0 Å². The first kappa shape index (κ1) is 15.7. The Hall–Kier alpha value is -1.76. The van der Waals surface area contributed by atoms with Crippen LogP contribution < -0.4 is 4.90 Å². The zero-order chi connectivity index (χ0) is 16.5. The van der Waals surface area contributed by atoms with E-state index in [1.807, 2.05) is 18.6 Å². The molecule has 4 rings (SSSR count). The number of carbonyl (C=O) groups excluding carboxylic acids is 1.